The first-order valence-corrected chi connectivity index (χ1v) is 6.67. The second-order valence-electron chi connectivity index (χ2n) is 3.53. The minimum absolute atomic E-state index is 0.0292. The smallest absolute Gasteiger partial charge is 0.0701 e. The molecule has 0 atom stereocenters. The summed E-state index contributed by atoms with van der Waals surface area (Å²) < 4.78 is 157. The van der Waals surface area contributed by atoms with Crippen LogP contribution in [-0.4, -0.2) is 66.5 Å². The van der Waals surface area contributed by atoms with Crippen LogP contribution in [0.5, 0.6) is 0 Å². The second kappa shape index (κ2) is 20.8. The third kappa shape index (κ3) is 19.8. The number of hydrogen-bond acceptors (Lipinski definition) is 5. The Morgan fingerprint density at radius 2 is 1.14 bits per heavy atom. The van der Waals surface area contributed by atoms with Gasteiger partial charge in [-0.3, -0.25) is 0 Å². The van der Waals surface area contributed by atoms with Crippen LogP contribution in [-0.2, 0) is 23.7 Å². The molecule has 0 aromatic heterocycles. The lowest BCUT2D eigenvalue weighted by Gasteiger charge is -2.07. The van der Waals surface area contributed by atoms with Crippen LogP contribution in [0.3, 0.4) is 0 Å². The molecule has 0 aromatic carbocycles. The molecule has 22 heavy (non-hydrogen) atoms. The maximum atomic E-state index is 8.01. The Balaban J connectivity index is 5.34. The molecule has 0 rings (SSSR count). The van der Waals surface area contributed by atoms with Crippen molar-refractivity contribution < 1.29 is 47.0 Å². The Labute approximate surface area is 160 Å². The molecule has 0 bridgehead atoms. The van der Waals surface area contributed by atoms with Gasteiger partial charge in [-0.15, -0.1) is 0 Å². The van der Waals surface area contributed by atoms with Crippen LogP contribution in [0.25, 0.3) is 0 Å². The molecule has 0 fully saturated rings. The molecule has 0 saturated heterocycles. The highest BCUT2D eigenvalue weighted by molar-refractivity contribution is 4.43. The summed E-state index contributed by atoms with van der Waals surface area (Å²) >= 11 is 0. The maximum absolute atomic E-state index is 8.01. The first-order valence-electron chi connectivity index (χ1n) is 15.2. The van der Waals surface area contributed by atoms with Gasteiger partial charge >= 0.3 is 0 Å². The predicted molar refractivity (Wildman–Crippen MR) is 88.5 cm³/mol. The van der Waals surface area contributed by atoms with E-state index >= 15 is 0 Å². The molecular weight excluding hydrogens is 284 g/mol. The summed E-state index contributed by atoms with van der Waals surface area (Å²) in [4.78, 5) is 0. The fourth-order valence-electron chi connectivity index (χ4n) is 1.02. The highest BCUT2D eigenvalue weighted by Crippen LogP contribution is 2.04. The molecule has 0 saturated carbocycles. The second-order valence-corrected chi connectivity index (χ2v) is 3.53. The van der Waals surface area contributed by atoms with Crippen molar-refractivity contribution in [3.05, 3.63) is 0 Å². The summed E-state index contributed by atoms with van der Waals surface area (Å²) in [5.74, 6) is 0. The molecule has 0 heterocycles. The van der Waals surface area contributed by atoms with Gasteiger partial charge in [0.15, 0.2) is 0 Å². The van der Waals surface area contributed by atoms with Crippen LogP contribution in [0.15, 0.2) is 0 Å². The van der Waals surface area contributed by atoms with E-state index in [1.807, 2.05) is 0 Å². The molecule has 0 aliphatic heterocycles. The van der Waals surface area contributed by atoms with E-state index in [0.29, 0.717) is 19.8 Å². The molecule has 134 valence electrons. The Bertz CT molecular complexity index is 742. The van der Waals surface area contributed by atoms with Crippen LogP contribution >= 0.6 is 0 Å². The molecule has 0 N–H and O–H groups in total. The first-order chi connectivity index (χ1) is 17.3. The van der Waals surface area contributed by atoms with Crippen molar-refractivity contribution in [3.8, 4) is 0 Å². The Morgan fingerprint density at radius 3 is 1.73 bits per heavy atom. The van der Waals surface area contributed by atoms with Crippen molar-refractivity contribution >= 4 is 0 Å². The van der Waals surface area contributed by atoms with E-state index < -0.39 is 58.3 Å². The fraction of sp³-hybridized carbons (Fsp3) is 1.00. The van der Waals surface area contributed by atoms with E-state index in [1.54, 1.807) is 0 Å². The number of ether oxygens (including phenoxy) is 5. The average Bonchev–Trinajstić information content (AvgIpc) is 2.78. The highest BCUT2D eigenvalue weighted by Gasteiger charge is 1.93. The lowest BCUT2D eigenvalue weighted by Crippen LogP contribution is -2.13. The van der Waals surface area contributed by atoms with Crippen molar-refractivity contribution in [1.82, 2.24) is 0 Å². The third-order valence-electron chi connectivity index (χ3n) is 1.94. The fourth-order valence-corrected chi connectivity index (χ4v) is 1.02. The summed E-state index contributed by atoms with van der Waals surface area (Å²) in [5.41, 5.74) is 0. The van der Waals surface area contributed by atoms with Gasteiger partial charge in [-0.1, -0.05) is 38.7 Å². The topological polar surface area (TPSA) is 46.2 Å². The van der Waals surface area contributed by atoms with Gasteiger partial charge in [-0.2, -0.15) is 0 Å². The molecular formula is C17H36O5. The number of rotatable bonds is 19. The molecule has 0 spiro atoms. The van der Waals surface area contributed by atoms with Crippen LogP contribution < -0.4 is 0 Å². The average molecular weight is 338 g/mol. The lowest BCUT2D eigenvalue weighted by atomic mass is 10.1. The SMILES string of the molecule is [2H]C([2H])([2H])C([2H])([2H])C([2H])([2H])C([2H])([2H])C([2H])([2H])C([2H])([2H])C([2H])([2H])C([2H])([2H])OCCOCCOCCOCCOC. The monoisotopic (exact) mass is 337 g/mol. The zero-order chi connectivity index (χ0) is 31.2. The zero-order valence-electron chi connectivity index (χ0n) is 29.7. The van der Waals surface area contributed by atoms with E-state index in [2.05, 4.69) is 0 Å². The molecule has 5 heteroatoms. The normalized spacial score (nSPS) is 27.8. The summed E-state index contributed by atoms with van der Waals surface area (Å²) in [6.45, 7) is -6.83. The number of methoxy groups -OCH3 is 1. The van der Waals surface area contributed by atoms with Crippen molar-refractivity contribution in [3.63, 3.8) is 0 Å². The molecule has 0 amide bonds. The van der Waals surface area contributed by atoms with Gasteiger partial charge in [0, 0.05) is 34.2 Å². The van der Waals surface area contributed by atoms with Crippen LogP contribution in [0.1, 0.15) is 68.4 Å². The molecule has 5 nitrogen and oxygen atoms in total. The molecule has 0 unspecified atom stereocenters. The Morgan fingerprint density at radius 1 is 0.636 bits per heavy atom. The van der Waals surface area contributed by atoms with E-state index in [-0.39, 0.29) is 26.4 Å². The van der Waals surface area contributed by atoms with Gasteiger partial charge in [0.1, 0.15) is 0 Å². The largest absolute Gasteiger partial charge is 0.382 e. The minimum Gasteiger partial charge on any atom is -0.382 e. The van der Waals surface area contributed by atoms with Gasteiger partial charge < -0.3 is 23.7 Å². The molecule has 0 aliphatic rings. The van der Waals surface area contributed by atoms with Crippen molar-refractivity contribution in [2.75, 3.05) is 66.5 Å². The van der Waals surface area contributed by atoms with Crippen molar-refractivity contribution in [1.29, 1.82) is 0 Å². The quantitative estimate of drug-likeness (QED) is 0.339. The molecule has 0 aromatic rings. The van der Waals surface area contributed by atoms with E-state index in [9.17, 15) is 0 Å². The van der Waals surface area contributed by atoms with Crippen LogP contribution in [0, 0.1) is 0 Å². The predicted octanol–water partition coefficient (Wildman–Crippen LogP) is 3.06. The number of hydrogen-bond donors (Lipinski definition) is 0. The summed E-state index contributed by atoms with van der Waals surface area (Å²) in [6, 6.07) is 0. The Kier molecular flexibility index (Phi) is 6.24. The summed E-state index contributed by atoms with van der Waals surface area (Å²) in [6.07, 6.45) is -25.2. The van der Waals surface area contributed by atoms with Gasteiger partial charge in [0.05, 0.1) is 55.6 Å². The third-order valence-corrected chi connectivity index (χ3v) is 1.94. The van der Waals surface area contributed by atoms with E-state index in [4.69, 9.17) is 47.0 Å². The summed E-state index contributed by atoms with van der Waals surface area (Å²) in [5, 5.41) is 0. The van der Waals surface area contributed by atoms with Gasteiger partial charge in [-0.25, -0.2) is 0 Å². The lowest BCUT2D eigenvalue weighted by molar-refractivity contribution is -0.00800. The van der Waals surface area contributed by atoms with E-state index in [0.717, 1.165) is 0 Å². The first kappa shape index (κ1) is 6.60. The van der Waals surface area contributed by atoms with Crippen LogP contribution in [0.2, 0.25) is 0 Å². The van der Waals surface area contributed by atoms with Crippen molar-refractivity contribution in [2.45, 2.75) is 45.1 Å². The zero-order valence-corrected chi connectivity index (χ0v) is 12.7. The Hall–Kier alpha value is -0.200. The van der Waals surface area contributed by atoms with Gasteiger partial charge in [-0.05, 0) is 6.37 Å². The van der Waals surface area contributed by atoms with Crippen LogP contribution in [0.4, 0.5) is 0 Å². The minimum atomic E-state index is -4.33. The van der Waals surface area contributed by atoms with Gasteiger partial charge in [0.25, 0.3) is 0 Å². The highest BCUT2D eigenvalue weighted by atomic mass is 16.6. The standard InChI is InChI=1S/C17H36O5/c1-3-4-5-6-7-8-9-19-12-13-21-16-17-22-15-14-20-11-10-18-2/h3-17H2,1-2H3/i1D3,3D2,4D2,5D2,6D2,7D2,8D2,9D2. The van der Waals surface area contributed by atoms with E-state index in [1.165, 1.54) is 7.11 Å². The van der Waals surface area contributed by atoms with Gasteiger partial charge in [0.2, 0.25) is 0 Å². The molecule has 0 radical (unpaired) electrons. The molecule has 0 aliphatic carbocycles. The van der Waals surface area contributed by atoms with Crippen molar-refractivity contribution in [2.24, 2.45) is 0 Å². The summed E-state index contributed by atoms with van der Waals surface area (Å²) in [7, 11) is 1.53. The maximum Gasteiger partial charge on any atom is 0.0701 e.